The van der Waals surface area contributed by atoms with Gasteiger partial charge in [-0.05, 0) is 24.5 Å². The molecule has 1 aromatic carbocycles. The van der Waals surface area contributed by atoms with E-state index in [1.54, 1.807) is 19.2 Å². The molecule has 0 amide bonds. The Morgan fingerprint density at radius 3 is 2.67 bits per heavy atom. The summed E-state index contributed by atoms with van der Waals surface area (Å²) in [4.78, 5) is 10.8. The topological polar surface area (TPSA) is 35.5 Å². The second kappa shape index (κ2) is 7.75. The summed E-state index contributed by atoms with van der Waals surface area (Å²) in [5, 5.41) is 0. The van der Waals surface area contributed by atoms with Crippen LogP contribution >= 0.6 is 0 Å². The van der Waals surface area contributed by atoms with Crippen LogP contribution in [0.4, 0.5) is 0 Å². The molecule has 1 aromatic rings. The molecule has 0 aliphatic rings. The summed E-state index contributed by atoms with van der Waals surface area (Å²) in [5.41, 5.74) is 0.547. The highest BCUT2D eigenvalue weighted by Crippen LogP contribution is 2.24. The maximum atomic E-state index is 10.8. The second-order valence-corrected chi connectivity index (χ2v) is 4.40. The highest BCUT2D eigenvalue weighted by molar-refractivity contribution is 5.79. The summed E-state index contributed by atoms with van der Waals surface area (Å²) >= 11 is 0. The van der Waals surface area contributed by atoms with Crippen LogP contribution < -0.4 is 9.47 Å². The molecule has 0 spiro atoms. The molecule has 0 fully saturated rings. The summed E-state index contributed by atoms with van der Waals surface area (Å²) in [6, 6.07) is 5.30. The average Bonchev–Trinajstić information content (AvgIpc) is 2.42. The number of benzene rings is 1. The van der Waals surface area contributed by atoms with E-state index in [9.17, 15) is 4.79 Å². The molecule has 1 atom stereocenters. The molecule has 0 saturated carbocycles. The SMILES string of the molecule is CCCC(CC)COc1ccc(C=O)c(OC)c1. The van der Waals surface area contributed by atoms with Crippen LogP contribution in [0.25, 0.3) is 0 Å². The van der Waals surface area contributed by atoms with Crippen molar-refractivity contribution in [1.29, 1.82) is 0 Å². The number of carbonyl (C=O) groups excluding carboxylic acids is 1. The third-order valence-electron chi connectivity index (χ3n) is 3.09. The van der Waals surface area contributed by atoms with Crippen LogP contribution in [-0.2, 0) is 0 Å². The lowest BCUT2D eigenvalue weighted by molar-refractivity contribution is 0.112. The standard InChI is InChI=1S/C15H22O3/c1-4-6-12(5-2)11-18-14-8-7-13(10-16)15(9-14)17-3/h7-10,12H,4-6,11H2,1-3H3. The lowest BCUT2D eigenvalue weighted by Gasteiger charge is -2.15. The van der Waals surface area contributed by atoms with E-state index in [0.717, 1.165) is 18.5 Å². The Kier molecular flexibility index (Phi) is 6.26. The van der Waals surface area contributed by atoms with Gasteiger partial charge in [-0.15, -0.1) is 0 Å². The van der Waals surface area contributed by atoms with Gasteiger partial charge in [0, 0.05) is 6.07 Å². The van der Waals surface area contributed by atoms with Gasteiger partial charge in [0.05, 0.1) is 19.3 Å². The number of methoxy groups -OCH3 is 1. The minimum atomic E-state index is 0.547. The largest absolute Gasteiger partial charge is 0.496 e. The molecule has 0 aromatic heterocycles. The molecule has 0 saturated heterocycles. The third kappa shape index (κ3) is 4.06. The summed E-state index contributed by atoms with van der Waals surface area (Å²) in [7, 11) is 1.55. The first kappa shape index (κ1) is 14.6. The Bertz CT molecular complexity index is 374. The van der Waals surface area contributed by atoms with Crippen molar-refractivity contribution in [3.8, 4) is 11.5 Å². The van der Waals surface area contributed by atoms with Crippen LogP contribution in [0.1, 0.15) is 43.5 Å². The zero-order valence-electron chi connectivity index (χ0n) is 11.4. The minimum Gasteiger partial charge on any atom is -0.496 e. The molecule has 3 heteroatoms. The summed E-state index contributed by atoms with van der Waals surface area (Å²) in [6.45, 7) is 5.08. The zero-order valence-corrected chi connectivity index (χ0v) is 11.4. The van der Waals surface area contributed by atoms with E-state index in [-0.39, 0.29) is 0 Å². The monoisotopic (exact) mass is 250 g/mol. The molecule has 3 nitrogen and oxygen atoms in total. The van der Waals surface area contributed by atoms with Gasteiger partial charge in [-0.3, -0.25) is 4.79 Å². The zero-order chi connectivity index (χ0) is 13.4. The maximum Gasteiger partial charge on any atom is 0.153 e. The Balaban J connectivity index is 2.64. The van der Waals surface area contributed by atoms with Crippen LogP contribution in [0, 0.1) is 5.92 Å². The van der Waals surface area contributed by atoms with E-state index in [2.05, 4.69) is 13.8 Å². The Hall–Kier alpha value is -1.51. The Morgan fingerprint density at radius 2 is 2.11 bits per heavy atom. The number of rotatable bonds is 8. The van der Waals surface area contributed by atoms with Crippen LogP contribution in [0.3, 0.4) is 0 Å². The third-order valence-corrected chi connectivity index (χ3v) is 3.09. The summed E-state index contributed by atoms with van der Waals surface area (Å²) in [5.74, 6) is 1.91. The fraction of sp³-hybridized carbons (Fsp3) is 0.533. The van der Waals surface area contributed by atoms with Gasteiger partial charge in [-0.25, -0.2) is 0 Å². The molecule has 0 aliphatic carbocycles. The van der Waals surface area contributed by atoms with Gasteiger partial charge < -0.3 is 9.47 Å². The lowest BCUT2D eigenvalue weighted by atomic mass is 10.0. The predicted octanol–water partition coefficient (Wildman–Crippen LogP) is 3.71. The number of aldehydes is 1. The average molecular weight is 250 g/mol. The van der Waals surface area contributed by atoms with Gasteiger partial charge in [0.25, 0.3) is 0 Å². The number of carbonyl (C=O) groups is 1. The smallest absolute Gasteiger partial charge is 0.153 e. The number of ether oxygens (including phenoxy) is 2. The van der Waals surface area contributed by atoms with Gasteiger partial charge in [0.2, 0.25) is 0 Å². The van der Waals surface area contributed by atoms with Gasteiger partial charge in [0.15, 0.2) is 6.29 Å². The first-order valence-electron chi connectivity index (χ1n) is 6.51. The van der Waals surface area contributed by atoms with Gasteiger partial charge in [0.1, 0.15) is 11.5 Å². The normalized spacial score (nSPS) is 11.9. The maximum absolute atomic E-state index is 10.8. The molecular weight excluding hydrogens is 228 g/mol. The van der Waals surface area contributed by atoms with Crippen molar-refractivity contribution in [2.24, 2.45) is 5.92 Å². The van der Waals surface area contributed by atoms with E-state index in [0.29, 0.717) is 23.8 Å². The highest BCUT2D eigenvalue weighted by atomic mass is 16.5. The highest BCUT2D eigenvalue weighted by Gasteiger charge is 2.08. The lowest BCUT2D eigenvalue weighted by Crippen LogP contribution is -2.11. The first-order valence-corrected chi connectivity index (χ1v) is 6.51. The molecule has 0 N–H and O–H groups in total. The van der Waals surface area contributed by atoms with Gasteiger partial charge in [-0.1, -0.05) is 26.7 Å². The quantitative estimate of drug-likeness (QED) is 0.660. The van der Waals surface area contributed by atoms with Crippen molar-refractivity contribution >= 4 is 6.29 Å². The number of hydrogen-bond donors (Lipinski definition) is 0. The second-order valence-electron chi connectivity index (χ2n) is 4.40. The van der Waals surface area contributed by atoms with Crippen molar-refractivity contribution in [2.75, 3.05) is 13.7 Å². The van der Waals surface area contributed by atoms with E-state index in [1.807, 2.05) is 6.07 Å². The van der Waals surface area contributed by atoms with Gasteiger partial charge >= 0.3 is 0 Å². The molecule has 1 rings (SSSR count). The van der Waals surface area contributed by atoms with Crippen LogP contribution in [-0.4, -0.2) is 20.0 Å². The van der Waals surface area contributed by atoms with Crippen molar-refractivity contribution in [2.45, 2.75) is 33.1 Å². The van der Waals surface area contributed by atoms with Crippen molar-refractivity contribution in [1.82, 2.24) is 0 Å². The van der Waals surface area contributed by atoms with E-state index in [1.165, 1.54) is 12.8 Å². The van der Waals surface area contributed by atoms with Gasteiger partial charge in [-0.2, -0.15) is 0 Å². The predicted molar refractivity (Wildman–Crippen MR) is 72.6 cm³/mol. The van der Waals surface area contributed by atoms with Crippen molar-refractivity contribution in [3.05, 3.63) is 23.8 Å². The van der Waals surface area contributed by atoms with E-state index in [4.69, 9.17) is 9.47 Å². The minimum absolute atomic E-state index is 0.547. The van der Waals surface area contributed by atoms with Crippen LogP contribution in [0.15, 0.2) is 18.2 Å². The molecule has 18 heavy (non-hydrogen) atoms. The fourth-order valence-electron chi connectivity index (χ4n) is 1.91. The van der Waals surface area contributed by atoms with Crippen LogP contribution in [0.5, 0.6) is 11.5 Å². The molecule has 100 valence electrons. The van der Waals surface area contributed by atoms with Crippen LogP contribution in [0.2, 0.25) is 0 Å². The number of hydrogen-bond acceptors (Lipinski definition) is 3. The summed E-state index contributed by atoms with van der Waals surface area (Å²) < 4.78 is 10.9. The molecule has 0 heterocycles. The van der Waals surface area contributed by atoms with Crippen molar-refractivity contribution < 1.29 is 14.3 Å². The molecule has 0 aliphatic heterocycles. The summed E-state index contributed by atoms with van der Waals surface area (Å²) in [6.07, 6.45) is 4.27. The Labute approximate surface area is 109 Å². The molecule has 0 bridgehead atoms. The Morgan fingerprint density at radius 1 is 1.33 bits per heavy atom. The van der Waals surface area contributed by atoms with E-state index >= 15 is 0 Å². The fourth-order valence-corrected chi connectivity index (χ4v) is 1.91. The molecule has 0 radical (unpaired) electrons. The van der Waals surface area contributed by atoms with Crippen molar-refractivity contribution in [3.63, 3.8) is 0 Å². The molecule has 1 unspecified atom stereocenters. The molecular formula is C15H22O3. The van der Waals surface area contributed by atoms with E-state index < -0.39 is 0 Å². The first-order chi connectivity index (χ1) is 8.74.